The summed E-state index contributed by atoms with van der Waals surface area (Å²) in [4.78, 5) is 24.4. The summed E-state index contributed by atoms with van der Waals surface area (Å²) in [5.74, 6) is 0.659. The van der Waals surface area contributed by atoms with Gasteiger partial charge in [-0.1, -0.05) is 24.3 Å². The fourth-order valence-corrected chi connectivity index (χ4v) is 3.38. The minimum absolute atomic E-state index is 0.0665. The molecule has 2 amide bonds. The third kappa shape index (κ3) is 10.9. The lowest BCUT2D eigenvalue weighted by Gasteiger charge is -2.07. The highest BCUT2D eigenvalue weighted by Gasteiger charge is 2.05. The van der Waals surface area contributed by atoms with E-state index in [1.165, 1.54) is 12.4 Å². The van der Waals surface area contributed by atoms with Gasteiger partial charge in [-0.3, -0.25) is 9.59 Å². The lowest BCUT2D eigenvalue weighted by molar-refractivity contribution is -0.121. The summed E-state index contributed by atoms with van der Waals surface area (Å²) in [5.41, 5.74) is 7.76. The van der Waals surface area contributed by atoms with Crippen LogP contribution >= 0.6 is 0 Å². The van der Waals surface area contributed by atoms with E-state index in [-0.39, 0.29) is 38.2 Å². The van der Waals surface area contributed by atoms with E-state index in [0.29, 0.717) is 36.4 Å². The van der Waals surface area contributed by atoms with Crippen molar-refractivity contribution in [1.82, 2.24) is 10.9 Å². The van der Waals surface area contributed by atoms with Crippen LogP contribution in [0.2, 0.25) is 0 Å². The molecule has 0 unspecified atom stereocenters. The van der Waals surface area contributed by atoms with E-state index < -0.39 is 0 Å². The molecule has 3 aromatic carbocycles. The molecule has 0 aliphatic heterocycles. The van der Waals surface area contributed by atoms with Gasteiger partial charge in [0.2, 0.25) is 5.91 Å². The van der Waals surface area contributed by atoms with Crippen molar-refractivity contribution in [1.29, 1.82) is 0 Å². The highest BCUT2D eigenvalue weighted by molar-refractivity contribution is 5.95. The summed E-state index contributed by atoms with van der Waals surface area (Å²) in [6, 6.07) is 21.2. The summed E-state index contributed by atoms with van der Waals surface area (Å²) < 4.78 is 10.7. The van der Waals surface area contributed by atoms with Crippen LogP contribution in [-0.4, -0.2) is 67.4 Å². The van der Waals surface area contributed by atoms with Crippen molar-refractivity contribution in [2.24, 2.45) is 10.2 Å². The molecule has 0 spiro atoms. The van der Waals surface area contributed by atoms with Crippen molar-refractivity contribution >= 4 is 29.9 Å². The normalized spacial score (nSPS) is 10.9. The minimum atomic E-state index is -0.350. The first kappa shape index (κ1) is 29.8. The van der Waals surface area contributed by atoms with Crippen LogP contribution in [0.5, 0.6) is 11.5 Å². The minimum Gasteiger partial charge on any atom is -0.491 e. The van der Waals surface area contributed by atoms with Gasteiger partial charge in [0.05, 0.1) is 25.6 Å². The van der Waals surface area contributed by atoms with Gasteiger partial charge in [-0.2, -0.15) is 10.2 Å². The Balaban J connectivity index is 1.34. The van der Waals surface area contributed by atoms with E-state index in [9.17, 15) is 9.59 Å². The second-order valence-electron chi connectivity index (χ2n) is 8.39. The van der Waals surface area contributed by atoms with Crippen LogP contribution in [0.4, 0.5) is 5.69 Å². The second kappa shape index (κ2) is 17.0. The lowest BCUT2D eigenvalue weighted by Crippen LogP contribution is -2.18. The summed E-state index contributed by atoms with van der Waals surface area (Å²) in [7, 11) is 0. The van der Waals surface area contributed by atoms with E-state index in [2.05, 4.69) is 26.4 Å². The molecule has 11 heteroatoms. The Morgan fingerprint density at radius 2 is 1.35 bits per heavy atom. The largest absolute Gasteiger partial charge is 0.491 e. The molecule has 3 rings (SSSR count). The Bertz CT molecular complexity index is 1280. The molecule has 40 heavy (non-hydrogen) atoms. The summed E-state index contributed by atoms with van der Waals surface area (Å²) >= 11 is 0. The number of rotatable bonds is 16. The lowest BCUT2D eigenvalue weighted by atomic mass is 10.2. The van der Waals surface area contributed by atoms with Gasteiger partial charge in [0, 0.05) is 24.2 Å². The predicted octanol–water partition coefficient (Wildman–Crippen LogP) is 2.54. The fourth-order valence-electron chi connectivity index (χ4n) is 3.38. The average Bonchev–Trinajstić information content (AvgIpc) is 2.98. The van der Waals surface area contributed by atoms with Crippen LogP contribution in [0.25, 0.3) is 0 Å². The van der Waals surface area contributed by atoms with E-state index in [1.807, 2.05) is 12.1 Å². The van der Waals surface area contributed by atoms with Crippen LogP contribution in [0, 0.1) is 0 Å². The summed E-state index contributed by atoms with van der Waals surface area (Å²) in [5, 5.41) is 28.9. The maximum atomic E-state index is 12.4. The van der Waals surface area contributed by atoms with Gasteiger partial charge in [0.25, 0.3) is 5.91 Å². The number of carbonyl (C=O) groups is 2. The van der Waals surface area contributed by atoms with Gasteiger partial charge in [0.1, 0.15) is 24.7 Å². The zero-order valence-electron chi connectivity index (χ0n) is 22.0. The number of nitrogens with zero attached hydrogens (tertiary/aromatic N) is 2. The number of carbonyl (C=O) groups excluding carboxylic acids is 2. The number of aliphatic hydroxyl groups excluding tert-OH is 2. The second-order valence-corrected chi connectivity index (χ2v) is 8.39. The van der Waals surface area contributed by atoms with Crippen LogP contribution in [0.3, 0.4) is 0 Å². The Labute approximate surface area is 232 Å². The molecule has 11 nitrogen and oxygen atoms in total. The van der Waals surface area contributed by atoms with E-state index in [4.69, 9.17) is 19.7 Å². The van der Waals surface area contributed by atoms with Crippen molar-refractivity contribution in [2.75, 3.05) is 38.3 Å². The molecule has 0 heterocycles. The number of hydrogen-bond acceptors (Lipinski definition) is 9. The molecule has 3 aromatic rings. The molecule has 0 radical (unpaired) electrons. The highest BCUT2D eigenvalue weighted by atomic mass is 16.5. The molecule has 210 valence electrons. The van der Waals surface area contributed by atoms with Gasteiger partial charge < -0.3 is 25.0 Å². The van der Waals surface area contributed by atoms with Crippen molar-refractivity contribution < 1.29 is 29.3 Å². The Morgan fingerprint density at radius 3 is 1.93 bits per heavy atom. The fraction of sp³-hybridized carbons (Fsp3) is 0.241. The molecule has 0 bridgehead atoms. The number of amides is 2. The first-order chi connectivity index (χ1) is 19.6. The molecule has 0 saturated heterocycles. The first-order valence-electron chi connectivity index (χ1n) is 12.7. The Kier molecular flexibility index (Phi) is 12.6. The van der Waals surface area contributed by atoms with Gasteiger partial charge in [0.15, 0.2) is 0 Å². The molecule has 0 aromatic heterocycles. The van der Waals surface area contributed by atoms with Gasteiger partial charge in [-0.05, 0) is 66.1 Å². The molecular formula is C29H33N5O6. The quantitative estimate of drug-likeness (QED) is 0.105. The van der Waals surface area contributed by atoms with Gasteiger partial charge in [-0.25, -0.2) is 10.9 Å². The molecule has 0 fully saturated rings. The zero-order chi connectivity index (χ0) is 28.4. The Hall–Kier alpha value is -4.74. The van der Waals surface area contributed by atoms with Crippen molar-refractivity contribution in [3.05, 3.63) is 89.5 Å². The number of ether oxygens (including phenoxy) is 2. The van der Waals surface area contributed by atoms with E-state index in [1.54, 1.807) is 60.7 Å². The van der Waals surface area contributed by atoms with Crippen LogP contribution < -0.4 is 25.6 Å². The van der Waals surface area contributed by atoms with Crippen molar-refractivity contribution in [3.63, 3.8) is 0 Å². The van der Waals surface area contributed by atoms with Gasteiger partial charge in [-0.15, -0.1) is 0 Å². The number of hydrogen-bond donors (Lipinski definition) is 5. The first-order valence-corrected chi connectivity index (χ1v) is 12.7. The molecule has 0 atom stereocenters. The third-order valence-corrected chi connectivity index (χ3v) is 5.28. The molecule has 0 aliphatic carbocycles. The highest BCUT2D eigenvalue weighted by Crippen LogP contribution is 2.13. The van der Waals surface area contributed by atoms with Gasteiger partial charge >= 0.3 is 0 Å². The Morgan fingerprint density at radius 1 is 0.775 bits per heavy atom. The molecular weight excluding hydrogens is 514 g/mol. The molecule has 0 saturated carbocycles. The average molecular weight is 548 g/mol. The maximum absolute atomic E-state index is 12.4. The topological polar surface area (TPSA) is 154 Å². The van der Waals surface area contributed by atoms with Crippen LogP contribution in [0.1, 0.15) is 34.3 Å². The number of nitrogens with one attached hydrogen (secondary N) is 3. The van der Waals surface area contributed by atoms with E-state index in [0.717, 1.165) is 16.8 Å². The third-order valence-electron chi connectivity index (χ3n) is 5.28. The number of hydrazone groups is 2. The maximum Gasteiger partial charge on any atom is 0.271 e. The predicted molar refractivity (Wildman–Crippen MR) is 153 cm³/mol. The number of aliphatic hydroxyl groups is 2. The zero-order valence-corrected chi connectivity index (χ0v) is 22.0. The van der Waals surface area contributed by atoms with Crippen LogP contribution in [-0.2, 0) is 4.79 Å². The SMILES string of the molecule is O=C(CCCNc1ccc(C(=O)N/N=C/c2cccc(OCCO)c2)cc1)N/N=C/c1cccc(OCCO)c1. The van der Waals surface area contributed by atoms with Crippen molar-refractivity contribution in [2.45, 2.75) is 12.8 Å². The molecule has 0 aliphatic rings. The number of benzene rings is 3. The smallest absolute Gasteiger partial charge is 0.271 e. The monoisotopic (exact) mass is 547 g/mol. The summed E-state index contributed by atoms with van der Waals surface area (Å²) in [6.07, 6.45) is 3.92. The van der Waals surface area contributed by atoms with Crippen molar-refractivity contribution in [3.8, 4) is 11.5 Å². The van der Waals surface area contributed by atoms with Crippen LogP contribution in [0.15, 0.2) is 83.0 Å². The standard InChI is InChI=1S/C29H33N5O6/c35-14-16-39-26-6-1-4-22(18-26)20-31-33-28(37)8-3-13-30-25-11-9-24(10-12-25)29(38)34-32-21-23-5-2-7-27(19-23)40-17-15-36/h1-2,4-7,9-12,18-21,30,35-36H,3,8,13-17H2,(H,33,37)(H,34,38)/b31-20+,32-21+. The summed E-state index contributed by atoms with van der Waals surface area (Å²) in [6.45, 7) is 0.840. The molecule has 5 N–H and O–H groups in total. The number of anilines is 1. The van der Waals surface area contributed by atoms with E-state index >= 15 is 0 Å².